The van der Waals surface area contributed by atoms with E-state index in [1.807, 2.05) is 0 Å². The van der Waals surface area contributed by atoms with Crippen LogP contribution in [0.4, 0.5) is 18.9 Å². The van der Waals surface area contributed by atoms with Crippen molar-refractivity contribution in [3.8, 4) is 17.3 Å². The number of ether oxygens (including phenoxy) is 1. The summed E-state index contributed by atoms with van der Waals surface area (Å²) in [5.74, 6) is 0. The van der Waals surface area contributed by atoms with Crippen LogP contribution >= 0.6 is 15.9 Å². The van der Waals surface area contributed by atoms with Crippen molar-refractivity contribution in [1.82, 2.24) is 9.97 Å². The molecule has 2 N–H and O–H groups in total. The number of nitrogens with two attached hydrogens (primary N) is 1. The standard InChI is InChI=1S/C16H11BrF3N3O/c1-24-15-22-13-7-9(17)3-4-10(13)14(23-15)11-6-8(16(18,19)20)2-5-12(11)21/h2-7H,21H2,1H3. The molecule has 1 aromatic heterocycles. The highest BCUT2D eigenvalue weighted by molar-refractivity contribution is 9.10. The number of hydrogen-bond acceptors (Lipinski definition) is 4. The fourth-order valence-corrected chi connectivity index (χ4v) is 2.66. The van der Waals surface area contributed by atoms with Crippen molar-refractivity contribution < 1.29 is 17.9 Å². The van der Waals surface area contributed by atoms with Gasteiger partial charge in [-0.3, -0.25) is 0 Å². The SMILES string of the molecule is COc1nc(-c2cc(C(F)(F)F)ccc2N)c2ccc(Br)cc2n1. The summed E-state index contributed by atoms with van der Waals surface area (Å²) in [4.78, 5) is 8.42. The second-order valence-electron chi connectivity index (χ2n) is 5.02. The van der Waals surface area contributed by atoms with Crippen molar-refractivity contribution in [2.75, 3.05) is 12.8 Å². The third-order valence-corrected chi connectivity index (χ3v) is 3.95. The molecule has 0 unspecified atom stereocenters. The minimum atomic E-state index is -4.47. The monoisotopic (exact) mass is 397 g/mol. The van der Waals surface area contributed by atoms with Gasteiger partial charge in [0.1, 0.15) is 0 Å². The van der Waals surface area contributed by atoms with Crippen LogP contribution in [0.2, 0.25) is 0 Å². The lowest BCUT2D eigenvalue weighted by Gasteiger charge is -2.13. The zero-order valence-electron chi connectivity index (χ0n) is 12.4. The number of benzene rings is 2. The Hall–Kier alpha value is -2.35. The summed E-state index contributed by atoms with van der Waals surface area (Å²) in [6.07, 6.45) is -4.47. The molecule has 0 spiro atoms. The molecular weight excluding hydrogens is 387 g/mol. The Bertz CT molecular complexity index is 928. The highest BCUT2D eigenvalue weighted by Crippen LogP contribution is 2.37. The van der Waals surface area contributed by atoms with E-state index in [4.69, 9.17) is 10.5 Å². The molecule has 4 nitrogen and oxygen atoms in total. The number of halogens is 4. The van der Waals surface area contributed by atoms with Gasteiger partial charge in [0.2, 0.25) is 0 Å². The predicted octanol–water partition coefficient (Wildman–Crippen LogP) is 4.67. The zero-order valence-corrected chi connectivity index (χ0v) is 13.9. The molecule has 0 aliphatic heterocycles. The second-order valence-corrected chi connectivity index (χ2v) is 5.94. The number of nitrogen functional groups attached to an aromatic ring is 1. The Morgan fingerprint density at radius 1 is 1.08 bits per heavy atom. The van der Waals surface area contributed by atoms with E-state index in [2.05, 4.69) is 25.9 Å². The summed E-state index contributed by atoms with van der Waals surface area (Å²) >= 11 is 3.34. The summed E-state index contributed by atoms with van der Waals surface area (Å²) in [7, 11) is 1.39. The first kappa shape index (κ1) is 16.5. The van der Waals surface area contributed by atoms with Gasteiger partial charge in [-0.2, -0.15) is 23.1 Å². The van der Waals surface area contributed by atoms with Gasteiger partial charge >= 0.3 is 12.2 Å². The molecular formula is C16H11BrF3N3O. The summed E-state index contributed by atoms with van der Waals surface area (Å²) in [5.41, 5.74) is 6.28. The Morgan fingerprint density at radius 3 is 2.50 bits per heavy atom. The summed E-state index contributed by atoms with van der Waals surface area (Å²) in [5, 5.41) is 0.574. The summed E-state index contributed by atoms with van der Waals surface area (Å²) in [6.45, 7) is 0. The fraction of sp³-hybridized carbons (Fsp3) is 0.125. The smallest absolute Gasteiger partial charge is 0.416 e. The zero-order chi connectivity index (χ0) is 17.5. The van der Waals surface area contributed by atoms with Crippen LogP contribution in [0.25, 0.3) is 22.2 Å². The molecule has 1 heterocycles. The molecule has 124 valence electrons. The number of fused-ring (bicyclic) bond motifs is 1. The van der Waals surface area contributed by atoms with E-state index in [1.54, 1.807) is 18.2 Å². The van der Waals surface area contributed by atoms with Crippen LogP contribution in [0.1, 0.15) is 5.56 Å². The Morgan fingerprint density at radius 2 is 1.83 bits per heavy atom. The first-order valence-electron chi connectivity index (χ1n) is 6.78. The third kappa shape index (κ3) is 3.01. The largest absolute Gasteiger partial charge is 0.467 e. The van der Waals surface area contributed by atoms with E-state index in [-0.39, 0.29) is 23.0 Å². The summed E-state index contributed by atoms with van der Waals surface area (Å²) < 4.78 is 44.9. The molecule has 2 aromatic carbocycles. The average Bonchev–Trinajstić information content (AvgIpc) is 2.52. The molecule has 3 aromatic rings. The van der Waals surface area contributed by atoms with Gasteiger partial charge in [-0.1, -0.05) is 15.9 Å². The average molecular weight is 398 g/mol. The Balaban J connectivity index is 2.33. The van der Waals surface area contributed by atoms with E-state index < -0.39 is 11.7 Å². The lowest BCUT2D eigenvalue weighted by atomic mass is 10.0. The molecule has 0 fully saturated rings. The van der Waals surface area contributed by atoms with Crippen LogP contribution in [-0.4, -0.2) is 17.1 Å². The van der Waals surface area contributed by atoms with Crippen LogP contribution in [0, 0.1) is 0 Å². The molecule has 0 aliphatic rings. The maximum atomic E-state index is 13.0. The molecule has 0 saturated carbocycles. The van der Waals surface area contributed by atoms with Gasteiger partial charge in [0.05, 0.1) is 23.9 Å². The number of methoxy groups -OCH3 is 1. The quantitative estimate of drug-likeness (QED) is 0.638. The molecule has 0 aliphatic carbocycles. The summed E-state index contributed by atoms with van der Waals surface area (Å²) in [6, 6.07) is 8.39. The lowest BCUT2D eigenvalue weighted by molar-refractivity contribution is -0.137. The van der Waals surface area contributed by atoms with Crippen molar-refractivity contribution in [3.63, 3.8) is 0 Å². The van der Waals surface area contributed by atoms with Gasteiger partial charge in [0, 0.05) is 21.1 Å². The number of hydrogen-bond donors (Lipinski definition) is 1. The van der Waals surface area contributed by atoms with Crippen molar-refractivity contribution in [2.24, 2.45) is 0 Å². The Kier molecular flexibility index (Phi) is 4.08. The number of anilines is 1. The molecule has 24 heavy (non-hydrogen) atoms. The van der Waals surface area contributed by atoms with Crippen LogP contribution in [0.3, 0.4) is 0 Å². The predicted molar refractivity (Wildman–Crippen MR) is 88.6 cm³/mol. The maximum Gasteiger partial charge on any atom is 0.416 e. The van der Waals surface area contributed by atoms with E-state index in [0.29, 0.717) is 10.9 Å². The Labute approximate surface area is 143 Å². The van der Waals surface area contributed by atoms with E-state index in [9.17, 15) is 13.2 Å². The van der Waals surface area contributed by atoms with Crippen LogP contribution < -0.4 is 10.5 Å². The third-order valence-electron chi connectivity index (χ3n) is 3.46. The molecule has 0 bridgehead atoms. The normalized spacial score (nSPS) is 11.7. The van der Waals surface area contributed by atoms with E-state index >= 15 is 0 Å². The second kappa shape index (κ2) is 5.94. The highest BCUT2D eigenvalue weighted by Gasteiger charge is 2.31. The molecule has 8 heteroatoms. The van der Waals surface area contributed by atoms with Crippen LogP contribution in [0.5, 0.6) is 6.01 Å². The van der Waals surface area contributed by atoms with E-state index in [1.165, 1.54) is 13.2 Å². The highest BCUT2D eigenvalue weighted by atomic mass is 79.9. The van der Waals surface area contributed by atoms with Gasteiger partial charge in [0.15, 0.2) is 0 Å². The minimum absolute atomic E-state index is 0.0485. The molecule has 0 atom stereocenters. The first-order chi connectivity index (χ1) is 11.3. The fourth-order valence-electron chi connectivity index (χ4n) is 2.32. The first-order valence-corrected chi connectivity index (χ1v) is 7.57. The van der Waals surface area contributed by atoms with Crippen molar-refractivity contribution in [3.05, 3.63) is 46.4 Å². The van der Waals surface area contributed by atoms with Gasteiger partial charge in [-0.25, -0.2) is 0 Å². The van der Waals surface area contributed by atoms with Crippen LogP contribution in [-0.2, 0) is 6.18 Å². The number of nitrogens with zero attached hydrogens (tertiary/aromatic N) is 2. The van der Waals surface area contributed by atoms with E-state index in [0.717, 1.165) is 16.6 Å². The number of alkyl halides is 3. The van der Waals surface area contributed by atoms with Crippen LogP contribution in [0.15, 0.2) is 40.9 Å². The van der Waals surface area contributed by atoms with Gasteiger partial charge in [-0.15, -0.1) is 0 Å². The van der Waals surface area contributed by atoms with Gasteiger partial charge in [-0.05, 0) is 36.4 Å². The minimum Gasteiger partial charge on any atom is -0.467 e. The van der Waals surface area contributed by atoms with Gasteiger partial charge in [0.25, 0.3) is 0 Å². The molecule has 0 amide bonds. The maximum absolute atomic E-state index is 13.0. The molecule has 0 saturated heterocycles. The topological polar surface area (TPSA) is 61.0 Å². The van der Waals surface area contributed by atoms with Crippen molar-refractivity contribution in [2.45, 2.75) is 6.18 Å². The molecule has 0 radical (unpaired) electrons. The van der Waals surface area contributed by atoms with Crippen molar-refractivity contribution in [1.29, 1.82) is 0 Å². The molecule has 3 rings (SSSR count). The van der Waals surface area contributed by atoms with Crippen molar-refractivity contribution >= 4 is 32.5 Å². The lowest BCUT2D eigenvalue weighted by Crippen LogP contribution is -2.06. The number of rotatable bonds is 2. The van der Waals surface area contributed by atoms with Gasteiger partial charge < -0.3 is 10.5 Å². The number of aromatic nitrogens is 2.